The molecule has 6 atom stereocenters. The van der Waals surface area contributed by atoms with Crippen LogP contribution in [0.4, 0.5) is 0 Å². The second-order valence-corrected chi connectivity index (χ2v) is 16.6. The summed E-state index contributed by atoms with van der Waals surface area (Å²) in [4.78, 5) is 66.8. The Kier molecular flexibility index (Phi) is 27.8. The number of hydrogen-bond acceptors (Lipinski definition) is 18. The van der Waals surface area contributed by atoms with E-state index in [1.807, 2.05) is 0 Å². The van der Waals surface area contributed by atoms with Gasteiger partial charge in [0.05, 0.1) is 0 Å². The van der Waals surface area contributed by atoms with Crippen LogP contribution in [0.25, 0.3) is 0 Å². The summed E-state index contributed by atoms with van der Waals surface area (Å²) in [6, 6.07) is 0. The van der Waals surface area contributed by atoms with Crippen molar-refractivity contribution in [2.24, 2.45) is 0 Å². The van der Waals surface area contributed by atoms with Crippen molar-refractivity contribution < 1.29 is 83.9 Å². The summed E-state index contributed by atoms with van der Waals surface area (Å²) in [5.41, 5.74) is 0. The molecule has 0 heterocycles. The van der Waals surface area contributed by atoms with E-state index in [4.69, 9.17) is 0 Å². The maximum absolute atomic E-state index is 11.1. The Morgan fingerprint density at radius 2 is 0.457 bits per heavy atom. The molecule has 0 amide bonds. The zero-order chi connectivity index (χ0) is 26.4. The van der Waals surface area contributed by atoms with Crippen molar-refractivity contribution in [3.05, 3.63) is 0 Å². The van der Waals surface area contributed by atoms with Crippen LogP contribution in [0.5, 0.6) is 0 Å². The molecule has 196 valence electrons. The predicted molar refractivity (Wildman–Crippen MR) is 109 cm³/mol. The summed E-state index contributed by atoms with van der Waals surface area (Å²) >= 11 is 0. The van der Waals surface area contributed by atoms with Gasteiger partial charge in [-0.15, -0.1) is 8.42 Å². The molecule has 6 unspecified atom stereocenters. The molecule has 0 radical (unpaired) electrons. The monoisotopic (exact) mass is 712 g/mol. The molecule has 0 rings (SSSR count). The Morgan fingerprint density at radius 3 is 0.514 bits per heavy atom. The molecular weight excluding hydrogens is 694 g/mol. The van der Waals surface area contributed by atoms with Gasteiger partial charge in [0.2, 0.25) is 46.5 Å². The minimum absolute atomic E-state index is 0. The predicted octanol–water partition coefficient (Wildman–Crippen LogP) is -3.88. The molecule has 35 heavy (non-hydrogen) atoms. The molecule has 0 fully saturated rings. The first kappa shape index (κ1) is 49.3. The fraction of sp³-hybridized carbons (Fsp3) is 1.00. The number of hydrogen-bond donors (Lipinski definition) is 0. The van der Waals surface area contributed by atoms with Crippen LogP contribution in [0, 0.1) is 0 Å². The maximum Gasteiger partial charge on any atom is 2.00 e. The van der Waals surface area contributed by atoms with Crippen LogP contribution >= 0.6 is 46.5 Å². The molecule has 0 aliphatic carbocycles. The molecule has 0 spiro atoms. The van der Waals surface area contributed by atoms with E-state index in [0.717, 1.165) is 0 Å². The van der Waals surface area contributed by atoms with Crippen molar-refractivity contribution in [2.45, 2.75) is 0 Å². The zero-order valence-electron chi connectivity index (χ0n) is 19.0. The Hall–Kier alpha value is 4.60. The van der Waals surface area contributed by atoms with Crippen LogP contribution in [0.1, 0.15) is 0 Å². The summed E-state index contributed by atoms with van der Waals surface area (Å²) in [6.07, 6.45) is 0. The minimum Gasteiger partial charge on any atom is -0.766 e. The van der Waals surface area contributed by atoms with Crippen LogP contribution in [-0.2, 0) is 54.5 Å². The molecule has 20 nitrogen and oxygen atoms in total. The van der Waals surface area contributed by atoms with Gasteiger partial charge in [0.25, 0.3) is 0 Å². The molecular formula is C6H18Ca3N2O18P6. The molecule has 29 heteroatoms. The fourth-order valence-corrected chi connectivity index (χ4v) is 11.2. The van der Waals surface area contributed by atoms with E-state index in [9.17, 15) is 56.8 Å². The van der Waals surface area contributed by atoms with Crippen molar-refractivity contribution in [1.29, 1.82) is 0 Å². The van der Waals surface area contributed by atoms with Gasteiger partial charge in [0.15, 0.2) is 0 Å². The molecule has 0 aliphatic rings. The zero-order valence-corrected chi connectivity index (χ0v) is 31.0. The van der Waals surface area contributed by atoms with E-state index >= 15 is 0 Å². The Bertz CT molecular complexity index is 733. The molecule has 0 aromatic carbocycles. The van der Waals surface area contributed by atoms with Crippen LogP contribution in [0.15, 0.2) is 0 Å². The van der Waals surface area contributed by atoms with Gasteiger partial charge in [0.1, 0.15) is 0 Å². The van der Waals surface area contributed by atoms with Gasteiger partial charge in [0, 0.05) is 42.7 Å². The standard InChI is InChI=1S/2C3H12NO9P3.3Ca/c2*1-11-14(5,6)4(15(7,8)12-2)16(9,10)13-3;;;/h2*1-3H3,(H,5,6)(H,7,8)(H,9,10);;;/q;;3*+2/p-6. The van der Waals surface area contributed by atoms with Gasteiger partial charge in [-0.2, -0.15) is 0 Å². The third kappa shape index (κ3) is 15.1. The third-order valence-electron chi connectivity index (χ3n) is 2.70. The first-order chi connectivity index (χ1) is 14.1. The first-order valence-electron chi connectivity index (χ1n) is 6.94. The Labute approximate surface area is 290 Å². The summed E-state index contributed by atoms with van der Waals surface area (Å²) in [5.74, 6) is 0. The maximum atomic E-state index is 11.1. The number of nitrogens with zero attached hydrogens (tertiary/aromatic N) is 2. The van der Waals surface area contributed by atoms with Crippen molar-refractivity contribution in [3.63, 3.8) is 0 Å². The topological polar surface area (TPSA) is 303 Å². The second kappa shape index (κ2) is 19.7. The van der Waals surface area contributed by atoms with E-state index in [1.165, 1.54) is 0 Å². The van der Waals surface area contributed by atoms with E-state index in [0.29, 0.717) is 42.7 Å². The molecule has 0 saturated carbocycles. The summed E-state index contributed by atoms with van der Waals surface area (Å²) in [7, 11) is -28.7. The number of rotatable bonds is 12. The van der Waals surface area contributed by atoms with E-state index in [1.54, 1.807) is 0 Å². The van der Waals surface area contributed by atoms with Gasteiger partial charge >= 0.3 is 113 Å². The average Bonchev–Trinajstić information content (AvgIpc) is 2.67. The van der Waals surface area contributed by atoms with Crippen molar-refractivity contribution in [1.82, 2.24) is 8.42 Å². The van der Waals surface area contributed by atoms with Crippen molar-refractivity contribution >= 4 is 160 Å². The first-order valence-corrected chi connectivity index (χ1v) is 15.9. The van der Waals surface area contributed by atoms with Gasteiger partial charge < -0.3 is 56.5 Å². The molecule has 0 N–H and O–H groups in total. The Morgan fingerprint density at radius 1 is 0.371 bits per heavy atom. The molecule has 0 bridgehead atoms. The smallest absolute Gasteiger partial charge is 0.766 e. The Balaban J connectivity index is -0.000000158. The van der Waals surface area contributed by atoms with Crippen LogP contribution in [0.3, 0.4) is 0 Å². The fourth-order valence-electron chi connectivity index (χ4n) is 1.24. The van der Waals surface area contributed by atoms with Crippen molar-refractivity contribution in [3.8, 4) is 0 Å². The molecule has 0 aliphatic heterocycles. The quantitative estimate of drug-likeness (QED) is 0.138. The van der Waals surface area contributed by atoms with Crippen LogP contribution in [-0.4, -0.2) is 164 Å². The van der Waals surface area contributed by atoms with Gasteiger partial charge in [-0.05, 0) is 0 Å². The molecule has 0 aromatic rings. The summed E-state index contributed by atoms with van der Waals surface area (Å²) in [5, 5.41) is 0. The SMILES string of the molecule is COP(=O)([O-])N(P(=O)([O-])OC)P(=O)([O-])OC.COP(=O)([O-])N(P(=O)([O-])OC)P(=O)([O-])OC.[Ca+2].[Ca+2].[Ca+2]. The molecule has 0 aromatic heterocycles. The summed E-state index contributed by atoms with van der Waals surface area (Å²) < 4.78 is 87.7. The van der Waals surface area contributed by atoms with E-state index < -0.39 is 54.9 Å². The largest absolute Gasteiger partial charge is 2.00 e. The third-order valence-corrected chi connectivity index (χ3v) is 16.0. The van der Waals surface area contributed by atoms with Crippen LogP contribution < -0.4 is 29.4 Å². The van der Waals surface area contributed by atoms with Crippen LogP contribution in [0.2, 0.25) is 0 Å². The molecule has 0 saturated heterocycles. The van der Waals surface area contributed by atoms with Gasteiger partial charge in [-0.1, -0.05) is 0 Å². The van der Waals surface area contributed by atoms with E-state index in [2.05, 4.69) is 27.1 Å². The second-order valence-electron chi connectivity index (χ2n) is 4.44. The van der Waals surface area contributed by atoms with Crippen molar-refractivity contribution in [2.75, 3.05) is 42.7 Å². The summed E-state index contributed by atoms with van der Waals surface area (Å²) in [6.45, 7) is 0. The van der Waals surface area contributed by atoms with Gasteiger partial charge in [-0.3, -0.25) is 27.4 Å². The minimum atomic E-state index is -5.38. The van der Waals surface area contributed by atoms with E-state index in [-0.39, 0.29) is 113 Å². The average molecular weight is 712 g/mol. The normalized spacial score (nSPS) is 21.4. The van der Waals surface area contributed by atoms with Gasteiger partial charge in [-0.25, -0.2) is 0 Å².